The second-order valence-electron chi connectivity index (χ2n) is 7.73. The topological polar surface area (TPSA) is 54.7 Å². The molecule has 5 rings (SSSR count). The Morgan fingerprint density at radius 3 is 2.38 bits per heavy atom. The fourth-order valence-corrected chi connectivity index (χ4v) is 4.20. The second-order valence-corrected chi connectivity index (χ2v) is 7.73. The number of furan rings is 1. The van der Waals surface area contributed by atoms with Gasteiger partial charge in [0.05, 0.1) is 24.9 Å². The van der Waals surface area contributed by atoms with Crippen molar-refractivity contribution in [2.24, 2.45) is 0 Å². The molecule has 0 radical (unpaired) electrons. The second kappa shape index (κ2) is 8.94. The third-order valence-corrected chi connectivity index (χ3v) is 5.76. The number of morpholine rings is 1. The van der Waals surface area contributed by atoms with Crippen molar-refractivity contribution in [1.82, 2.24) is 4.90 Å². The summed E-state index contributed by atoms with van der Waals surface area (Å²) >= 11 is 0. The standard InChI is InChI=1S/C26H23FN2O3/c27-21-12-6-4-10-19(21)24(29-14-16-31-17-15-29)25-23(20-11-5-7-13-22(20)32-25)28-26(30)18-8-2-1-3-9-18/h1-13,24H,14-17H2,(H,28,30)/t24-/m0/s1. The van der Waals surface area contributed by atoms with Crippen molar-refractivity contribution in [3.05, 3.63) is 102 Å². The van der Waals surface area contributed by atoms with Crippen molar-refractivity contribution in [1.29, 1.82) is 0 Å². The van der Waals surface area contributed by atoms with Crippen LogP contribution >= 0.6 is 0 Å². The van der Waals surface area contributed by atoms with Gasteiger partial charge in [-0.1, -0.05) is 48.5 Å². The number of anilines is 1. The van der Waals surface area contributed by atoms with Gasteiger partial charge in [0, 0.05) is 29.6 Å². The van der Waals surface area contributed by atoms with Gasteiger partial charge in [-0.3, -0.25) is 9.69 Å². The van der Waals surface area contributed by atoms with E-state index in [0.717, 1.165) is 5.39 Å². The van der Waals surface area contributed by atoms with Crippen LogP contribution in [0.1, 0.15) is 27.7 Å². The maximum atomic E-state index is 15.0. The summed E-state index contributed by atoms with van der Waals surface area (Å²) in [6.45, 7) is 2.36. The lowest BCUT2D eigenvalue weighted by atomic mass is 9.99. The van der Waals surface area contributed by atoms with E-state index in [9.17, 15) is 4.79 Å². The third-order valence-electron chi connectivity index (χ3n) is 5.76. The summed E-state index contributed by atoms with van der Waals surface area (Å²) in [6.07, 6.45) is 0. The predicted molar refractivity (Wildman–Crippen MR) is 121 cm³/mol. The Balaban J connectivity index is 1.65. The van der Waals surface area contributed by atoms with Crippen molar-refractivity contribution >= 4 is 22.6 Å². The highest BCUT2D eigenvalue weighted by Crippen LogP contribution is 2.41. The molecule has 1 N–H and O–H groups in total. The Morgan fingerprint density at radius 2 is 1.59 bits per heavy atom. The van der Waals surface area contributed by atoms with Crippen LogP contribution in [0.2, 0.25) is 0 Å². The summed E-state index contributed by atoms with van der Waals surface area (Å²) in [5.74, 6) is -0.0417. The molecule has 0 spiro atoms. The Bertz CT molecular complexity index is 1230. The first-order chi connectivity index (χ1) is 15.7. The van der Waals surface area contributed by atoms with Gasteiger partial charge in [0.25, 0.3) is 5.91 Å². The van der Waals surface area contributed by atoms with Crippen molar-refractivity contribution in [3.63, 3.8) is 0 Å². The Hall–Kier alpha value is -3.48. The highest BCUT2D eigenvalue weighted by Gasteiger charge is 2.33. The maximum Gasteiger partial charge on any atom is 0.255 e. The van der Waals surface area contributed by atoms with Crippen LogP contribution in [0, 0.1) is 5.82 Å². The fraction of sp³-hybridized carbons (Fsp3) is 0.192. The van der Waals surface area contributed by atoms with E-state index in [-0.39, 0.29) is 11.7 Å². The van der Waals surface area contributed by atoms with E-state index >= 15 is 4.39 Å². The number of hydrogen-bond acceptors (Lipinski definition) is 4. The summed E-state index contributed by atoms with van der Waals surface area (Å²) in [5, 5.41) is 3.82. The zero-order valence-electron chi connectivity index (χ0n) is 17.5. The lowest BCUT2D eigenvalue weighted by Gasteiger charge is -2.34. The average molecular weight is 430 g/mol. The van der Waals surface area contributed by atoms with Gasteiger partial charge in [-0.25, -0.2) is 4.39 Å². The molecule has 6 heteroatoms. The molecule has 1 saturated heterocycles. The predicted octanol–water partition coefficient (Wildman–Crippen LogP) is 5.25. The number of nitrogens with zero attached hydrogens (tertiary/aromatic N) is 1. The molecule has 162 valence electrons. The number of ether oxygens (including phenoxy) is 1. The van der Waals surface area contributed by atoms with Crippen LogP contribution < -0.4 is 5.32 Å². The number of rotatable bonds is 5. The first kappa shape index (κ1) is 20.4. The Labute approximate surface area is 185 Å². The molecule has 1 aromatic heterocycles. The van der Waals surface area contributed by atoms with Crippen molar-refractivity contribution in [2.75, 3.05) is 31.6 Å². The van der Waals surface area contributed by atoms with Crippen LogP contribution in [-0.4, -0.2) is 37.1 Å². The van der Waals surface area contributed by atoms with Gasteiger partial charge in [-0.05, 0) is 30.3 Å². The quantitative estimate of drug-likeness (QED) is 0.470. The average Bonchev–Trinajstić information content (AvgIpc) is 3.19. The molecule has 0 bridgehead atoms. The number of fused-ring (bicyclic) bond motifs is 1. The van der Waals surface area contributed by atoms with E-state index in [0.29, 0.717) is 54.5 Å². The molecule has 0 saturated carbocycles. The number of benzene rings is 3. The molecule has 5 nitrogen and oxygen atoms in total. The van der Waals surface area contributed by atoms with Crippen molar-refractivity contribution < 1.29 is 18.3 Å². The van der Waals surface area contributed by atoms with Crippen LogP contribution in [-0.2, 0) is 4.74 Å². The largest absolute Gasteiger partial charge is 0.457 e. The van der Waals surface area contributed by atoms with Crippen LogP contribution in [0.25, 0.3) is 11.0 Å². The smallest absolute Gasteiger partial charge is 0.255 e. The first-order valence-corrected chi connectivity index (χ1v) is 10.7. The summed E-state index contributed by atoms with van der Waals surface area (Å²) in [7, 11) is 0. The molecule has 2 heterocycles. The van der Waals surface area contributed by atoms with E-state index < -0.39 is 6.04 Å². The van der Waals surface area contributed by atoms with E-state index in [1.165, 1.54) is 6.07 Å². The Morgan fingerprint density at radius 1 is 0.906 bits per heavy atom. The van der Waals surface area contributed by atoms with Gasteiger partial charge in [0.15, 0.2) is 5.76 Å². The van der Waals surface area contributed by atoms with Crippen molar-refractivity contribution in [2.45, 2.75) is 6.04 Å². The van der Waals surface area contributed by atoms with Gasteiger partial charge in [-0.15, -0.1) is 0 Å². The van der Waals surface area contributed by atoms with Crippen LogP contribution in [0.5, 0.6) is 0 Å². The van der Waals surface area contributed by atoms with Gasteiger partial charge in [-0.2, -0.15) is 0 Å². The number of halogens is 1. The van der Waals surface area contributed by atoms with Gasteiger partial charge >= 0.3 is 0 Å². The molecule has 4 aromatic rings. The zero-order chi connectivity index (χ0) is 21.9. The normalized spacial score (nSPS) is 15.5. The summed E-state index contributed by atoms with van der Waals surface area (Å²) < 4.78 is 26.8. The number of carbonyl (C=O) groups is 1. The molecule has 1 atom stereocenters. The molecular formula is C26H23FN2O3. The zero-order valence-corrected chi connectivity index (χ0v) is 17.5. The summed E-state index contributed by atoms with van der Waals surface area (Å²) in [5.41, 5.74) is 2.25. The molecule has 1 aliphatic heterocycles. The minimum absolute atomic E-state index is 0.243. The van der Waals surface area contributed by atoms with Gasteiger partial charge in [0.2, 0.25) is 0 Å². The lowest BCUT2D eigenvalue weighted by molar-refractivity contribution is 0.0199. The highest BCUT2D eigenvalue weighted by molar-refractivity contribution is 6.09. The van der Waals surface area contributed by atoms with Crippen LogP contribution in [0.3, 0.4) is 0 Å². The van der Waals surface area contributed by atoms with E-state index in [1.54, 1.807) is 24.3 Å². The maximum absolute atomic E-state index is 15.0. The first-order valence-electron chi connectivity index (χ1n) is 10.7. The SMILES string of the molecule is O=C(Nc1c([C@H](c2ccccc2F)N2CCOCC2)oc2ccccc12)c1ccccc1. The minimum Gasteiger partial charge on any atom is -0.457 e. The third kappa shape index (κ3) is 3.90. The van der Waals surface area contributed by atoms with E-state index in [1.807, 2.05) is 48.5 Å². The van der Waals surface area contributed by atoms with Gasteiger partial charge < -0.3 is 14.5 Å². The molecule has 0 aliphatic carbocycles. The monoisotopic (exact) mass is 430 g/mol. The summed E-state index contributed by atoms with van der Waals surface area (Å²) in [6, 6.07) is 22.8. The molecule has 32 heavy (non-hydrogen) atoms. The Kier molecular flexibility index (Phi) is 5.71. The number of carbonyl (C=O) groups excluding carboxylic acids is 1. The number of para-hydroxylation sites is 1. The molecule has 1 aliphatic rings. The van der Waals surface area contributed by atoms with Crippen molar-refractivity contribution in [3.8, 4) is 0 Å². The number of nitrogens with one attached hydrogen (secondary N) is 1. The molecular weight excluding hydrogens is 407 g/mol. The van der Waals surface area contributed by atoms with Gasteiger partial charge in [0.1, 0.15) is 11.4 Å². The fourth-order valence-electron chi connectivity index (χ4n) is 4.20. The molecule has 1 fully saturated rings. The molecule has 3 aromatic carbocycles. The van der Waals surface area contributed by atoms with E-state index in [4.69, 9.17) is 9.15 Å². The molecule has 1 amide bonds. The highest BCUT2D eigenvalue weighted by atomic mass is 19.1. The lowest BCUT2D eigenvalue weighted by Crippen LogP contribution is -2.40. The number of hydrogen-bond donors (Lipinski definition) is 1. The molecule has 0 unspecified atom stereocenters. The van der Waals surface area contributed by atoms with Crippen LogP contribution in [0.15, 0.2) is 83.3 Å². The minimum atomic E-state index is -0.501. The van der Waals surface area contributed by atoms with Crippen LogP contribution in [0.4, 0.5) is 10.1 Å². The summed E-state index contributed by atoms with van der Waals surface area (Å²) in [4.78, 5) is 15.2. The number of amides is 1. The van der Waals surface area contributed by atoms with E-state index in [2.05, 4.69) is 10.2 Å².